The van der Waals surface area contributed by atoms with E-state index in [0.717, 1.165) is 0 Å². The van der Waals surface area contributed by atoms with E-state index in [1.165, 1.54) is 6.20 Å². The van der Waals surface area contributed by atoms with Gasteiger partial charge in [-0.15, -0.1) is 0 Å². The van der Waals surface area contributed by atoms with Crippen molar-refractivity contribution in [3.8, 4) is 0 Å². The Morgan fingerprint density at radius 2 is 2.16 bits per heavy atom. The second-order valence-corrected chi connectivity index (χ2v) is 5.67. The standard InChI is InChI=1S/C11H18N4O3S/c1-3-15-19(17,18)7-6-14-11(16)9-8-13-5-4-10(9)12-2/h4-5,8,15H,3,6-7H2,1-2H3,(H,12,13)(H,14,16). The van der Waals surface area contributed by atoms with Crippen LogP contribution in [0.4, 0.5) is 5.69 Å². The molecule has 0 aromatic carbocycles. The van der Waals surface area contributed by atoms with Gasteiger partial charge in [-0.2, -0.15) is 0 Å². The fourth-order valence-corrected chi connectivity index (χ4v) is 2.43. The van der Waals surface area contributed by atoms with Crippen LogP contribution in [-0.2, 0) is 10.0 Å². The lowest BCUT2D eigenvalue weighted by atomic mass is 10.2. The van der Waals surface area contributed by atoms with Gasteiger partial charge < -0.3 is 10.6 Å². The normalized spacial score (nSPS) is 11.1. The molecule has 19 heavy (non-hydrogen) atoms. The SMILES string of the molecule is CCNS(=O)(=O)CCNC(=O)c1cnccc1NC. The number of nitrogens with zero attached hydrogens (tertiary/aromatic N) is 1. The van der Waals surface area contributed by atoms with Crippen molar-refractivity contribution >= 4 is 21.6 Å². The number of carbonyl (C=O) groups is 1. The zero-order valence-electron chi connectivity index (χ0n) is 10.9. The third kappa shape index (κ3) is 4.84. The molecule has 0 aliphatic rings. The van der Waals surface area contributed by atoms with Crippen molar-refractivity contribution in [1.82, 2.24) is 15.0 Å². The van der Waals surface area contributed by atoms with Crippen molar-refractivity contribution < 1.29 is 13.2 Å². The average molecular weight is 286 g/mol. The predicted octanol–water partition coefficient (Wildman–Crippen LogP) is -0.208. The van der Waals surface area contributed by atoms with Gasteiger partial charge in [-0.05, 0) is 6.07 Å². The third-order valence-electron chi connectivity index (χ3n) is 2.36. The number of hydrogen-bond acceptors (Lipinski definition) is 5. The minimum atomic E-state index is -3.32. The maximum atomic E-state index is 11.9. The van der Waals surface area contributed by atoms with E-state index in [-0.39, 0.29) is 18.2 Å². The van der Waals surface area contributed by atoms with Crippen LogP contribution in [0.3, 0.4) is 0 Å². The Morgan fingerprint density at radius 1 is 1.42 bits per heavy atom. The molecule has 1 aromatic rings. The first-order valence-corrected chi connectivity index (χ1v) is 7.52. The molecule has 1 heterocycles. The van der Waals surface area contributed by atoms with Gasteiger partial charge in [0.1, 0.15) is 0 Å². The molecule has 0 bridgehead atoms. The maximum absolute atomic E-state index is 11.9. The highest BCUT2D eigenvalue weighted by atomic mass is 32.2. The summed E-state index contributed by atoms with van der Waals surface area (Å²) in [5.74, 6) is -0.508. The van der Waals surface area contributed by atoms with E-state index in [1.807, 2.05) is 0 Å². The fraction of sp³-hybridized carbons (Fsp3) is 0.455. The summed E-state index contributed by atoms with van der Waals surface area (Å²) in [7, 11) is -1.62. The summed E-state index contributed by atoms with van der Waals surface area (Å²) in [5, 5.41) is 5.42. The van der Waals surface area contributed by atoms with Gasteiger partial charge in [-0.1, -0.05) is 6.92 Å². The van der Waals surface area contributed by atoms with Gasteiger partial charge in [0, 0.05) is 38.2 Å². The molecule has 0 aliphatic heterocycles. The van der Waals surface area contributed by atoms with Crippen LogP contribution >= 0.6 is 0 Å². The van der Waals surface area contributed by atoms with Gasteiger partial charge in [0.25, 0.3) is 5.91 Å². The summed E-state index contributed by atoms with van der Waals surface area (Å²) in [6.07, 6.45) is 3.00. The van der Waals surface area contributed by atoms with Crippen molar-refractivity contribution in [2.75, 3.05) is 31.2 Å². The lowest BCUT2D eigenvalue weighted by Gasteiger charge is -2.09. The molecule has 1 aromatic heterocycles. The molecule has 1 amide bonds. The highest BCUT2D eigenvalue weighted by Gasteiger charge is 2.12. The van der Waals surface area contributed by atoms with Crippen LogP contribution in [0.15, 0.2) is 18.5 Å². The Kier molecular flexibility index (Phi) is 5.71. The van der Waals surface area contributed by atoms with Crippen molar-refractivity contribution in [2.45, 2.75) is 6.92 Å². The van der Waals surface area contributed by atoms with Crippen LogP contribution in [0.1, 0.15) is 17.3 Å². The Morgan fingerprint density at radius 3 is 2.79 bits per heavy atom. The summed E-state index contributed by atoms with van der Waals surface area (Å²) < 4.78 is 25.1. The fourth-order valence-electron chi connectivity index (χ4n) is 1.48. The van der Waals surface area contributed by atoms with Gasteiger partial charge in [0.05, 0.1) is 11.3 Å². The first-order chi connectivity index (χ1) is 9.00. The summed E-state index contributed by atoms with van der Waals surface area (Å²) >= 11 is 0. The number of aromatic nitrogens is 1. The van der Waals surface area contributed by atoms with Crippen LogP contribution in [0.25, 0.3) is 0 Å². The van der Waals surface area contributed by atoms with E-state index in [0.29, 0.717) is 17.8 Å². The van der Waals surface area contributed by atoms with Gasteiger partial charge in [-0.3, -0.25) is 9.78 Å². The molecule has 8 heteroatoms. The molecule has 0 fully saturated rings. The Balaban J connectivity index is 2.57. The van der Waals surface area contributed by atoms with E-state index in [1.54, 1.807) is 26.2 Å². The Labute approximate surface area is 112 Å². The van der Waals surface area contributed by atoms with E-state index < -0.39 is 10.0 Å². The van der Waals surface area contributed by atoms with Crippen molar-refractivity contribution in [1.29, 1.82) is 0 Å². The number of amides is 1. The third-order valence-corrected chi connectivity index (χ3v) is 3.83. The first kappa shape index (κ1) is 15.4. The number of nitrogens with one attached hydrogen (secondary N) is 3. The molecule has 0 saturated carbocycles. The molecule has 106 valence electrons. The molecule has 3 N–H and O–H groups in total. The smallest absolute Gasteiger partial charge is 0.254 e. The molecule has 0 saturated heterocycles. The molecular formula is C11H18N4O3S. The zero-order valence-corrected chi connectivity index (χ0v) is 11.8. The number of pyridine rings is 1. The summed E-state index contributed by atoms with van der Waals surface area (Å²) in [4.78, 5) is 15.7. The maximum Gasteiger partial charge on any atom is 0.254 e. The van der Waals surface area contributed by atoms with Gasteiger partial charge in [0.2, 0.25) is 10.0 Å². The van der Waals surface area contributed by atoms with E-state index in [4.69, 9.17) is 0 Å². The summed E-state index contributed by atoms with van der Waals surface area (Å²) in [6, 6.07) is 1.67. The van der Waals surface area contributed by atoms with Crippen molar-refractivity contribution in [3.05, 3.63) is 24.0 Å². The van der Waals surface area contributed by atoms with Crippen molar-refractivity contribution in [3.63, 3.8) is 0 Å². The van der Waals surface area contributed by atoms with Crippen LogP contribution in [-0.4, -0.2) is 45.2 Å². The topological polar surface area (TPSA) is 100 Å². The average Bonchev–Trinajstić information content (AvgIpc) is 2.38. The van der Waals surface area contributed by atoms with Gasteiger partial charge >= 0.3 is 0 Å². The minimum Gasteiger partial charge on any atom is -0.387 e. The second kappa shape index (κ2) is 7.05. The second-order valence-electron chi connectivity index (χ2n) is 3.74. The Bertz CT molecular complexity index is 530. The lowest BCUT2D eigenvalue weighted by Crippen LogP contribution is -2.34. The van der Waals surface area contributed by atoms with Gasteiger partial charge in [0.15, 0.2) is 0 Å². The molecule has 0 atom stereocenters. The largest absolute Gasteiger partial charge is 0.387 e. The molecule has 1 rings (SSSR count). The number of hydrogen-bond donors (Lipinski definition) is 3. The molecular weight excluding hydrogens is 268 g/mol. The van der Waals surface area contributed by atoms with Crippen LogP contribution in [0, 0.1) is 0 Å². The monoisotopic (exact) mass is 286 g/mol. The van der Waals surface area contributed by atoms with Gasteiger partial charge in [-0.25, -0.2) is 13.1 Å². The highest BCUT2D eigenvalue weighted by molar-refractivity contribution is 7.89. The van der Waals surface area contributed by atoms with Crippen molar-refractivity contribution in [2.24, 2.45) is 0 Å². The predicted molar refractivity (Wildman–Crippen MR) is 73.6 cm³/mol. The van der Waals surface area contributed by atoms with Crippen LogP contribution < -0.4 is 15.4 Å². The quantitative estimate of drug-likeness (QED) is 0.644. The number of rotatable bonds is 7. The molecule has 0 radical (unpaired) electrons. The molecule has 0 unspecified atom stereocenters. The molecule has 0 aliphatic carbocycles. The first-order valence-electron chi connectivity index (χ1n) is 5.87. The number of carbonyl (C=O) groups excluding carboxylic acids is 1. The molecule has 7 nitrogen and oxygen atoms in total. The summed E-state index contributed by atoms with van der Waals surface area (Å²) in [5.41, 5.74) is 1.02. The van der Waals surface area contributed by atoms with E-state index in [9.17, 15) is 13.2 Å². The molecule has 0 spiro atoms. The lowest BCUT2D eigenvalue weighted by molar-refractivity contribution is 0.0956. The van der Waals surface area contributed by atoms with Crippen LogP contribution in [0.5, 0.6) is 0 Å². The minimum absolute atomic E-state index is 0.0478. The van der Waals surface area contributed by atoms with Crippen LogP contribution in [0.2, 0.25) is 0 Å². The summed E-state index contributed by atoms with van der Waals surface area (Å²) in [6.45, 7) is 2.08. The highest BCUT2D eigenvalue weighted by Crippen LogP contribution is 2.11. The van der Waals surface area contributed by atoms with E-state index >= 15 is 0 Å². The van der Waals surface area contributed by atoms with E-state index in [2.05, 4.69) is 20.3 Å². The Hall–Kier alpha value is -1.67. The number of sulfonamides is 1. The zero-order chi connectivity index (χ0) is 14.3. The number of anilines is 1.